The highest BCUT2D eigenvalue weighted by Gasteiger charge is 2.24. The van der Waals surface area contributed by atoms with Crippen LogP contribution in [-0.4, -0.2) is 36.0 Å². The van der Waals surface area contributed by atoms with E-state index in [1.807, 2.05) is 61.7 Å². The lowest BCUT2D eigenvalue weighted by Gasteiger charge is -2.19. The van der Waals surface area contributed by atoms with Gasteiger partial charge in [-0.05, 0) is 42.8 Å². The van der Waals surface area contributed by atoms with Crippen molar-refractivity contribution in [2.75, 3.05) is 13.2 Å². The molecule has 0 fully saturated rings. The Bertz CT molecular complexity index is 1280. The Labute approximate surface area is 203 Å². The average molecular weight is 476 g/mol. The van der Waals surface area contributed by atoms with Crippen LogP contribution in [-0.2, 0) is 11.2 Å². The Hall–Kier alpha value is -3.77. The molecule has 1 unspecified atom stereocenters. The molecule has 0 aliphatic heterocycles. The number of aromatic amines is 1. The zero-order valence-electron chi connectivity index (χ0n) is 18.8. The number of para-hydroxylation sites is 1. The van der Waals surface area contributed by atoms with Gasteiger partial charge in [-0.25, -0.2) is 0 Å². The monoisotopic (exact) mass is 475 g/mol. The first-order valence-corrected chi connectivity index (χ1v) is 11.5. The quantitative estimate of drug-likeness (QED) is 0.308. The largest absolute Gasteiger partial charge is 0.492 e. The molecule has 0 saturated carbocycles. The smallest absolute Gasteiger partial charge is 0.253 e. The minimum atomic E-state index is -0.789. The van der Waals surface area contributed by atoms with Gasteiger partial charge in [0.05, 0.1) is 17.1 Å². The van der Waals surface area contributed by atoms with E-state index in [-0.39, 0.29) is 5.91 Å². The standard InChI is InChI=1S/C27H26ClN3O3/c1-18-10-12-20(13-11-18)34-15-14-29-27(33)25(31-26(32)22-7-2-4-8-23(22)28)16-19-17-30-24-9-5-3-6-21(19)24/h2-13,17,25,30H,14-16H2,1H3,(H,29,33)(H,31,32). The third-order valence-electron chi connectivity index (χ3n) is 5.53. The number of nitrogens with one attached hydrogen (secondary N) is 3. The van der Waals surface area contributed by atoms with Crippen LogP contribution in [0.2, 0.25) is 5.02 Å². The number of rotatable bonds is 9. The highest BCUT2D eigenvalue weighted by atomic mass is 35.5. The van der Waals surface area contributed by atoms with Gasteiger partial charge in [0.2, 0.25) is 5.91 Å². The summed E-state index contributed by atoms with van der Waals surface area (Å²) in [6, 6.07) is 21.5. The van der Waals surface area contributed by atoms with Crippen molar-refractivity contribution >= 4 is 34.3 Å². The molecule has 2 amide bonds. The molecule has 1 heterocycles. The van der Waals surface area contributed by atoms with E-state index in [1.165, 1.54) is 0 Å². The summed E-state index contributed by atoms with van der Waals surface area (Å²) >= 11 is 6.19. The summed E-state index contributed by atoms with van der Waals surface area (Å²) in [5.74, 6) is 0.0434. The van der Waals surface area contributed by atoms with Crippen LogP contribution in [0.4, 0.5) is 0 Å². The van der Waals surface area contributed by atoms with E-state index >= 15 is 0 Å². The lowest BCUT2D eigenvalue weighted by Crippen LogP contribution is -2.48. The molecule has 7 heteroatoms. The molecule has 4 aromatic rings. The zero-order chi connectivity index (χ0) is 23.9. The van der Waals surface area contributed by atoms with E-state index in [4.69, 9.17) is 16.3 Å². The van der Waals surface area contributed by atoms with Gasteiger partial charge in [-0.15, -0.1) is 0 Å². The van der Waals surface area contributed by atoms with Crippen LogP contribution in [0, 0.1) is 6.92 Å². The van der Waals surface area contributed by atoms with Gasteiger partial charge in [0, 0.05) is 23.5 Å². The van der Waals surface area contributed by atoms with Crippen LogP contribution in [0.25, 0.3) is 10.9 Å². The third-order valence-corrected chi connectivity index (χ3v) is 5.86. The average Bonchev–Trinajstić information content (AvgIpc) is 3.25. The van der Waals surface area contributed by atoms with Crippen molar-refractivity contribution < 1.29 is 14.3 Å². The molecule has 0 aliphatic carbocycles. The number of ether oxygens (including phenoxy) is 1. The first-order valence-electron chi connectivity index (χ1n) is 11.1. The van der Waals surface area contributed by atoms with Gasteiger partial charge < -0.3 is 20.4 Å². The molecule has 0 aliphatic rings. The number of carbonyl (C=O) groups is 2. The van der Waals surface area contributed by atoms with Gasteiger partial charge in [0.25, 0.3) is 5.91 Å². The number of halogens is 1. The summed E-state index contributed by atoms with van der Waals surface area (Å²) in [7, 11) is 0. The van der Waals surface area contributed by atoms with Gasteiger partial charge in [-0.1, -0.05) is 59.6 Å². The number of aryl methyl sites for hydroxylation is 1. The zero-order valence-corrected chi connectivity index (χ0v) is 19.6. The summed E-state index contributed by atoms with van der Waals surface area (Å²) in [6.07, 6.45) is 2.19. The van der Waals surface area contributed by atoms with Crippen molar-refractivity contribution in [2.24, 2.45) is 0 Å². The molecule has 1 atom stereocenters. The van der Waals surface area contributed by atoms with E-state index in [0.29, 0.717) is 30.2 Å². The number of H-pyrrole nitrogens is 1. The minimum Gasteiger partial charge on any atom is -0.492 e. The first-order chi connectivity index (χ1) is 16.5. The molecular weight excluding hydrogens is 450 g/mol. The van der Waals surface area contributed by atoms with E-state index in [9.17, 15) is 9.59 Å². The Balaban J connectivity index is 1.44. The van der Waals surface area contributed by atoms with Crippen LogP contribution >= 0.6 is 11.6 Å². The first kappa shape index (κ1) is 23.4. The van der Waals surface area contributed by atoms with Crippen molar-refractivity contribution in [2.45, 2.75) is 19.4 Å². The van der Waals surface area contributed by atoms with Crippen molar-refractivity contribution in [1.82, 2.24) is 15.6 Å². The summed E-state index contributed by atoms with van der Waals surface area (Å²) in [5.41, 5.74) is 3.38. The number of benzene rings is 3. The number of fused-ring (bicyclic) bond motifs is 1. The van der Waals surface area contributed by atoms with E-state index in [2.05, 4.69) is 15.6 Å². The summed E-state index contributed by atoms with van der Waals surface area (Å²) < 4.78 is 5.70. The van der Waals surface area contributed by atoms with Gasteiger partial charge in [0.15, 0.2) is 0 Å². The van der Waals surface area contributed by atoms with Gasteiger partial charge in [-0.3, -0.25) is 9.59 Å². The van der Waals surface area contributed by atoms with E-state index in [0.717, 1.165) is 27.8 Å². The van der Waals surface area contributed by atoms with Crippen LogP contribution in [0.15, 0.2) is 79.0 Å². The Morgan fingerprint density at radius 1 is 1.00 bits per heavy atom. The maximum Gasteiger partial charge on any atom is 0.253 e. The molecule has 6 nitrogen and oxygen atoms in total. The summed E-state index contributed by atoms with van der Waals surface area (Å²) in [6.45, 7) is 2.63. The number of carbonyl (C=O) groups excluding carboxylic acids is 2. The topological polar surface area (TPSA) is 83.2 Å². The predicted molar refractivity (Wildman–Crippen MR) is 134 cm³/mol. The summed E-state index contributed by atoms with van der Waals surface area (Å²) in [5, 5.41) is 7.07. The highest BCUT2D eigenvalue weighted by Crippen LogP contribution is 2.20. The van der Waals surface area contributed by atoms with Crippen LogP contribution in [0.1, 0.15) is 21.5 Å². The minimum absolute atomic E-state index is 0.293. The number of amides is 2. The fourth-order valence-corrected chi connectivity index (χ4v) is 3.93. The van der Waals surface area contributed by atoms with Gasteiger partial charge in [0.1, 0.15) is 18.4 Å². The molecular formula is C27H26ClN3O3. The van der Waals surface area contributed by atoms with Crippen LogP contribution < -0.4 is 15.4 Å². The van der Waals surface area contributed by atoms with Crippen molar-refractivity contribution in [3.63, 3.8) is 0 Å². The highest BCUT2D eigenvalue weighted by molar-refractivity contribution is 6.33. The van der Waals surface area contributed by atoms with Gasteiger partial charge in [-0.2, -0.15) is 0 Å². The molecule has 0 spiro atoms. The number of aromatic nitrogens is 1. The van der Waals surface area contributed by atoms with Crippen LogP contribution in [0.3, 0.4) is 0 Å². The third kappa shape index (κ3) is 5.77. The second kappa shape index (κ2) is 10.9. The molecule has 0 saturated heterocycles. The molecule has 0 bridgehead atoms. The molecule has 34 heavy (non-hydrogen) atoms. The summed E-state index contributed by atoms with van der Waals surface area (Å²) in [4.78, 5) is 29.2. The SMILES string of the molecule is Cc1ccc(OCCNC(=O)C(Cc2c[nH]c3ccccc23)NC(=O)c2ccccc2Cl)cc1. The Morgan fingerprint density at radius 2 is 1.74 bits per heavy atom. The number of hydrogen-bond donors (Lipinski definition) is 3. The Morgan fingerprint density at radius 3 is 2.53 bits per heavy atom. The van der Waals surface area contributed by atoms with Crippen molar-refractivity contribution in [3.8, 4) is 5.75 Å². The fraction of sp³-hybridized carbons (Fsp3) is 0.185. The molecule has 0 radical (unpaired) electrons. The molecule has 3 aromatic carbocycles. The lowest BCUT2D eigenvalue weighted by molar-refractivity contribution is -0.123. The molecule has 174 valence electrons. The fourth-order valence-electron chi connectivity index (χ4n) is 3.71. The molecule has 4 rings (SSSR count). The maximum atomic E-state index is 13.1. The second-order valence-corrected chi connectivity index (χ2v) is 8.43. The lowest BCUT2D eigenvalue weighted by atomic mass is 10.0. The number of hydrogen-bond acceptors (Lipinski definition) is 3. The van der Waals surface area contributed by atoms with E-state index in [1.54, 1.807) is 24.3 Å². The van der Waals surface area contributed by atoms with E-state index < -0.39 is 11.9 Å². The van der Waals surface area contributed by atoms with Crippen molar-refractivity contribution in [3.05, 3.63) is 101 Å². The molecule has 3 N–H and O–H groups in total. The molecule has 1 aromatic heterocycles. The van der Waals surface area contributed by atoms with Gasteiger partial charge >= 0.3 is 0 Å². The maximum absolute atomic E-state index is 13.1. The second-order valence-electron chi connectivity index (χ2n) is 8.02. The van der Waals surface area contributed by atoms with Crippen molar-refractivity contribution in [1.29, 1.82) is 0 Å². The normalized spacial score (nSPS) is 11.7. The Kier molecular flexibility index (Phi) is 7.50. The van der Waals surface area contributed by atoms with Crippen LogP contribution in [0.5, 0.6) is 5.75 Å². The predicted octanol–water partition coefficient (Wildman–Crippen LogP) is 4.67.